The molecule has 138 valence electrons. The van der Waals surface area contributed by atoms with Gasteiger partial charge in [0.2, 0.25) is 11.9 Å². The van der Waals surface area contributed by atoms with Crippen molar-refractivity contribution in [2.45, 2.75) is 13.0 Å². The van der Waals surface area contributed by atoms with Gasteiger partial charge >= 0.3 is 0 Å². The highest BCUT2D eigenvalue weighted by atomic mass is 35.5. The van der Waals surface area contributed by atoms with Gasteiger partial charge in [-0.2, -0.15) is 0 Å². The maximum absolute atomic E-state index is 12.7. The predicted molar refractivity (Wildman–Crippen MR) is 102 cm³/mol. The van der Waals surface area contributed by atoms with E-state index < -0.39 is 0 Å². The monoisotopic (exact) mass is 375 g/mol. The van der Waals surface area contributed by atoms with Crippen LogP contribution in [0.1, 0.15) is 6.92 Å². The van der Waals surface area contributed by atoms with E-state index in [0.29, 0.717) is 16.5 Å². The molecule has 1 aliphatic rings. The number of anilines is 2. The molecule has 0 aliphatic carbocycles. The van der Waals surface area contributed by atoms with Crippen LogP contribution in [0.5, 0.6) is 5.75 Å². The van der Waals surface area contributed by atoms with Gasteiger partial charge in [-0.3, -0.25) is 9.69 Å². The Kier molecular flexibility index (Phi) is 5.90. The Morgan fingerprint density at radius 2 is 1.92 bits per heavy atom. The van der Waals surface area contributed by atoms with Crippen molar-refractivity contribution in [1.29, 1.82) is 0 Å². The molecule has 8 heteroatoms. The van der Waals surface area contributed by atoms with E-state index >= 15 is 0 Å². The Labute approximate surface area is 157 Å². The highest BCUT2D eigenvalue weighted by Crippen LogP contribution is 2.28. The normalized spacial score (nSPS) is 16.2. The van der Waals surface area contributed by atoms with E-state index in [-0.39, 0.29) is 11.9 Å². The molecule has 2 heterocycles. The first kappa shape index (κ1) is 18.4. The van der Waals surface area contributed by atoms with Gasteiger partial charge in [-0.05, 0) is 31.2 Å². The molecule has 7 nitrogen and oxygen atoms in total. The summed E-state index contributed by atoms with van der Waals surface area (Å²) in [5, 5.41) is 3.46. The standard InChI is InChI=1S/C18H22ClN5O2/c1-13(17(25)22-15-12-14(19)4-5-16(15)26-2)23-8-10-24(11-9-23)18-20-6-3-7-21-18/h3-7,12-13H,8-11H2,1-2H3,(H,22,25). The van der Waals surface area contributed by atoms with Crippen molar-refractivity contribution in [1.82, 2.24) is 14.9 Å². The first-order chi connectivity index (χ1) is 12.6. The number of ether oxygens (including phenoxy) is 1. The number of hydrogen-bond acceptors (Lipinski definition) is 6. The minimum atomic E-state index is -0.266. The number of methoxy groups -OCH3 is 1. The molecule has 1 atom stereocenters. The van der Waals surface area contributed by atoms with Gasteiger partial charge in [-0.25, -0.2) is 9.97 Å². The second-order valence-corrected chi connectivity index (χ2v) is 6.52. The van der Waals surface area contributed by atoms with Gasteiger partial charge < -0.3 is 15.0 Å². The molecule has 1 unspecified atom stereocenters. The summed E-state index contributed by atoms with van der Waals surface area (Å²) in [5.74, 6) is 1.23. The first-order valence-corrected chi connectivity index (χ1v) is 8.86. The van der Waals surface area contributed by atoms with Crippen molar-refractivity contribution in [2.24, 2.45) is 0 Å². The molecule has 1 N–H and O–H groups in total. The molecule has 1 fully saturated rings. The van der Waals surface area contributed by atoms with Crippen LogP contribution in [-0.2, 0) is 4.79 Å². The van der Waals surface area contributed by atoms with E-state index in [0.717, 1.165) is 32.1 Å². The average molecular weight is 376 g/mol. The van der Waals surface area contributed by atoms with Crippen molar-refractivity contribution < 1.29 is 9.53 Å². The fourth-order valence-electron chi connectivity index (χ4n) is 2.94. The molecule has 0 spiro atoms. The zero-order chi connectivity index (χ0) is 18.5. The SMILES string of the molecule is COc1ccc(Cl)cc1NC(=O)C(C)N1CCN(c2ncccn2)CC1. The summed E-state index contributed by atoms with van der Waals surface area (Å²) >= 11 is 6.03. The van der Waals surface area contributed by atoms with E-state index in [1.54, 1.807) is 43.8 Å². The van der Waals surface area contributed by atoms with Gasteiger partial charge in [-0.15, -0.1) is 0 Å². The number of benzene rings is 1. The number of nitrogens with one attached hydrogen (secondary N) is 1. The van der Waals surface area contributed by atoms with Gasteiger partial charge in [0.05, 0.1) is 18.8 Å². The van der Waals surface area contributed by atoms with Crippen molar-refractivity contribution in [2.75, 3.05) is 43.5 Å². The third-order valence-corrected chi connectivity index (χ3v) is 4.73. The van der Waals surface area contributed by atoms with Crippen LogP contribution >= 0.6 is 11.6 Å². The number of amides is 1. The number of hydrogen-bond donors (Lipinski definition) is 1. The van der Waals surface area contributed by atoms with Gasteiger partial charge in [-0.1, -0.05) is 11.6 Å². The third-order valence-electron chi connectivity index (χ3n) is 4.50. The summed E-state index contributed by atoms with van der Waals surface area (Å²) in [6.07, 6.45) is 3.48. The molecule has 3 rings (SSSR count). The fourth-order valence-corrected chi connectivity index (χ4v) is 3.12. The van der Waals surface area contributed by atoms with E-state index in [1.165, 1.54) is 0 Å². The fraction of sp³-hybridized carbons (Fsp3) is 0.389. The third kappa shape index (κ3) is 4.23. The van der Waals surface area contributed by atoms with Crippen LogP contribution in [0.25, 0.3) is 0 Å². The minimum absolute atomic E-state index is 0.0880. The molecule has 26 heavy (non-hydrogen) atoms. The van der Waals surface area contributed by atoms with Crippen LogP contribution in [0.15, 0.2) is 36.7 Å². The number of aromatic nitrogens is 2. The lowest BCUT2D eigenvalue weighted by Gasteiger charge is -2.37. The van der Waals surface area contributed by atoms with E-state index in [2.05, 4.69) is 25.1 Å². The Morgan fingerprint density at radius 3 is 2.58 bits per heavy atom. The van der Waals surface area contributed by atoms with Crippen molar-refractivity contribution in [3.8, 4) is 5.75 Å². The summed E-state index contributed by atoms with van der Waals surface area (Å²) in [6.45, 7) is 4.99. The van der Waals surface area contributed by atoms with Crippen LogP contribution in [0.2, 0.25) is 5.02 Å². The summed E-state index contributed by atoms with van der Waals surface area (Å²) in [6, 6.07) is 6.69. The van der Waals surface area contributed by atoms with Crippen LogP contribution < -0.4 is 15.0 Å². The van der Waals surface area contributed by atoms with Crippen LogP contribution in [-0.4, -0.2) is 60.1 Å². The quantitative estimate of drug-likeness (QED) is 0.864. The highest BCUT2D eigenvalue weighted by molar-refractivity contribution is 6.31. The van der Waals surface area contributed by atoms with Crippen LogP contribution in [0.3, 0.4) is 0 Å². The Hall–Kier alpha value is -2.38. The van der Waals surface area contributed by atoms with Gasteiger partial charge in [0.25, 0.3) is 0 Å². The topological polar surface area (TPSA) is 70.6 Å². The molecule has 1 aromatic carbocycles. The molecule has 1 aliphatic heterocycles. The lowest BCUT2D eigenvalue weighted by atomic mass is 10.2. The predicted octanol–water partition coefficient (Wildman–Crippen LogP) is 2.29. The lowest BCUT2D eigenvalue weighted by molar-refractivity contribution is -0.120. The summed E-state index contributed by atoms with van der Waals surface area (Å²) in [5.41, 5.74) is 0.577. The molecule has 0 saturated carbocycles. The zero-order valence-corrected chi connectivity index (χ0v) is 15.6. The average Bonchev–Trinajstić information content (AvgIpc) is 2.68. The Bertz CT molecular complexity index is 751. The highest BCUT2D eigenvalue weighted by Gasteiger charge is 2.27. The minimum Gasteiger partial charge on any atom is -0.495 e. The molecular formula is C18H22ClN5O2. The van der Waals surface area contributed by atoms with Gasteiger partial charge in [0, 0.05) is 43.6 Å². The second-order valence-electron chi connectivity index (χ2n) is 6.08. The number of rotatable bonds is 5. The Balaban J connectivity index is 1.59. The molecule has 1 amide bonds. The second kappa shape index (κ2) is 8.33. The zero-order valence-electron chi connectivity index (χ0n) is 14.9. The largest absolute Gasteiger partial charge is 0.495 e. The summed E-state index contributed by atoms with van der Waals surface area (Å²) < 4.78 is 5.28. The number of nitrogens with zero attached hydrogens (tertiary/aromatic N) is 4. The number of piperazine rings is 1. The molecule has 1 saturated heterocycles. The Morgan fingerprint density at radius 1 is 1.23 bits per heavy atom. The van der Waals surface area contributed by atoms with Crippen molar-refractivity contribution in [3.05, 3.63) is 41.7 Å². The van der Waals surface area contributed by atoms with E-state index in [1.807, 2.05) is 6.92 Å². The smallest absolute Gasteiger partial charge is 0.241 e. The number of halogens is 1. The van der Waals surface area contributed by atoms with Crippen molar-refractivity contribution in [3.63, 3.8) is 0 Å². The number of carbonyl (C=O) groups is 1. The molecule has 0 bridgehead atoms. The van der Waals surface area contributed by atoms with Gasteiger partial charge in [0.1, 0.15) is 5.75 Å². The summed E-state index contributed by atoms with van der Waals surface area (Å²) in [4.78, 5) is 25.5. The summed E-state index contributed by atoms with van der Waals surface area (Å²) in [7, 11) is 1.56. The lowest BCUT2D eigenvalue weighted by Crippen LogP contribution is -2.53. The number of carbonyl (C=O) groups excluding carboxylic acids is 1. The first-order valence-electron chi connectivity index (χ1n) is 8.49. The molecule has 1 aromatic heterocycles. The molecule has 0 radical (unpaired) electrons. The van der Waals surface area contributed by atoms with E-state index in [4.69, 9.17) is 16.3 Å². The van der Waals surface area contributed by atoms with Crippen molar-refractivity contribution >= 4 is 29.1 Å². The molecule has 2 aromatic rings. The molecular weight excluding hydrogens is 354 g/mol. The maximum Gasteiger partial charge on any atom is 0.241 e. The van der Waals surface area contributed by atoms with Crippen LogP contribution in [0, 0.1) is 0 Å². The van der Waals surface area contributed by atoms with E-state index in [9.17, 15) is 4.79 Å². The van der Waals surface area contributed by atoms with Crippen LogP contribution in [0.4, 0.5) is 11.6 Å². The maximum atomic E-state index is 12.7. The van der Waals surface area contributed by atoms with Gasteiger partial charge in [0.15, 0.2) is 0 Å².